The first-order valence-electron chi connectivity index (χ1n) is 8.01. The Morgan fingerprint density at radius 2 is 2.10 bits per heavy atom. The maximum Gasteiger partial charge on any atom is 0.225 e. The highest BCUT2D eigenvalue weighted by Crippen LogP contribution is 2.25. The molecule has 1 saturated carbocycles. The maximum absolute atomic E-state index is 12.6. The van der Waals surface area contributed by atoms with Crippen molar-refractivity contribution in [2.24, 2.45) is 11.7 Å². The van der Waals surface area contributed by atoms with Crippen molar-refractivity contribution in [1.29, 1.82) is 0 Å². The minimum Gasteiger partial charge on any atom is -0.468 e. The molecule has 21 heavy (non-hydrogen) atoms. The number of rotatable bonds is 3. The molecule has 5 nitrogen and oxygen atoms in total. The van der Waals surface area contributed by atoms with Crippen molar-refractivity contribution in [1.82, 2.24) is 9.80 Å². The summed E-state index contributed by atoms with van der Waals surface area (Å²) in [5.74, 6) is 1.47. The Bertz CT molecular complexity index is 452. The van der Waals surface area contributed by atoms with Crippen molar-refractivity contribution >= 4 is 5.91 Å². The molecular weight excluding hydrogens is 266 g/mol. The van der Waals surface area contributed by atoms with Gasteiger partial charge < -0.3 is 15.1 Å². The molecule has 2 heterocycles. The molecule has 1 aliphatic carbocycles. The molecule has 2 unspecified atom stereocenters. The lowest BCUT2D eigenvalue weighted by Crippen LogP contribution is -2.50. The van der Waals surface area contributed by atoms with Crippen LogP contribution in [0, 0.1) is 5.92 Å². The van der Waals surface area contributed by atoms with E-state index in [2.05, 4.69) is 4.90 Å². The number of nitrogens with zero attached hydrogens (tertiary/aromatic N) is 2. The number of carbonyl (C=O) groups is 1. The summed E-state index contributed by atoms with van der Waals surface area (Å²) in [5, 5.41) is 0. The molecule has 1 amide bonds. The van der Waals surface area contributed by atoms with Gasteiger partial charge in [0.1, 0.15) is 5.76 Å². The summed E-state index contributed by atoms with van der Waals surface area (Å²) >= 11 is 0. The molecule has 3 rings (SSSR count). The molecule has 2 N–H and O–H groups in total. The summed E-state index contributed by atoms with van der Waals surface area (Å²) in [6, 6.07) is 4.13. The van der Waals surface area contributed by atoms with Crippen LogP contribution in [0.5, 0.6) is 0 Å². The van der Waals surface area contributed by atoms with Gasteiger partial charge in [-0.15, -0.1) is 0 Å². The summed E-state index contributed by atoms with van der Waals surface area (Å²) < 4.78 is 5.38. The van der Waals surface area contributed by atoms with Gasteiger partial charge in [0.15, 0.2) is 0 Å². The van der Waals surface area contributed by atoms with E-state index >= 15 is 0 Å². The molecule has 0 bridgehead atoms. The first kappa shape index (κ1) is 14.6. The van der Waals surface area contributed by atoms with Crippen LogP contribution < -0.4 is 5.73 Å². The van der Waals surface area contributed by atoms with E-state index in [0.717, 1.165) is 64.2 Å². The van der Waals surface area contributed by atoms with Gasteiger partial charge in [-0.05, 0) is 31.4 Å². The molecule has 0 radical (unpaired) electrons. The van der Waals surface area contributed by atoms with Crippen LogP contribution >= 0.6 is 0 Å². The minimum absolute atomic E-state index is 0.158. The van der Waals surface area contributed by atoms with E-state index in [0.29, 0.717) is 5.91 Å². The van der Waals surface area contributed by atoms with E-state index < -0.39 is 0 Å². The fraction of sp³-hybridized carbons (Fsp3) is 0.688. The van der Waals surface area contributed by atoms with E-state index in [1.165, 1.54) is 0 Å². The van der Waals surface area contributed by atoms with Crippen LogP contribution in [-0.4, -0.2) is 47.9 Å². The lowest BCUT2D eigenvalue weighted by atomic mass is 9.85. The van der Waals surface area contributed by atoms with Gasteiger partial charge in [0.05, 0.1) is 12.8 Å². The van der Waals surface area contributed by atoms with E-state index in [9.17, 15) is 4.79 Å². The molecule has 5 heteroatoms. The number of hydrogen-bond donors (Lipinski definition) is 1. The van der Waals surface area contributed by atoms with Gasteiger partial charge in [0.25, 0.3) is 0 Å². The predicted octanol–water partition coefficient (Wildman–Crippen LogP) is 1.44. The zero-order valence-corrected chi connectivity index (χ0v) is 12.5. The number of carbonyl (C=O) groups excluding carboxylic acids is 1. The second-order valence-corrected chi connectivity index (χ2v) is 6.30. The highest BCUT2D eigenvalue weighted by atomic mass is 16.3. The number of nitrogens with two attached hydrogens (primary N) is 1. The van der Waals surface area contributed by atoms with Crippen LogP contribution in [0.2, 0.25) is 0 Å². The summed E-state index contributed by atoms with van der Waals surface area (Å²) in [4.78, 5) is 16.9. The Morgan fingerprint density at radius 3 is 2.76 bits per heavy atom. The molecule has 2 fully saturated rings. The average molecular weight is 291 g/mol. The molecule has 1 aromatic heterocycles. The van der Waals surface area contributed by atoms with Crippen LogP contribution in [0.3, 0.4) is 0 Å². The predicted molar refractivity (Wildman–Crippen MR) is 80.5 cm³/mol. The van der Waals surface area contributed by atoms with Gasteiger partial charge in [0.2, 0.25) is 5.91 Å². The highest BCUT2D eigenvalue weighted by molar-refractivity contribution is 5.79. The Hall–Kier alpha value is -1.33. The standard InChI is InChI=1S/C16H25N3O2/c17-14-4-1-3-13(11-14)16(20)19-8-6-18(7-9-19)12-15-5-2-10-21-15/h2,5,10,13-14H,1,3-4,6-9,11-12,17H2. The molecule has 0 aromatic carbocycles. The molecular formula is C16H25N3O2. The number of hydrogen-bond acceptors (Lipinski definition) is 4. The second-order valence-electron chi connectivity index (χ2n) is 6.30. The number of piperazine rings is 1. The van der Waals surface area contributed by atoms with Gasteiger partial charge in [-0.1, -0.05) is 6.42 Å². The van der Waals surface area contributed by atoms with Crippen LogP contribution in [0.4, 0.5) is 0 Å². The van der Waals surface area contributed by atoms with Crippen molar-refractivity contribution in [2.45, 2.75) is 38.3 Å². The lowest BCUT2D eigenvalue weighted by molar-refractivity contribution is -0.138. The van der Waals surface area contributed by atoms with Crippen LogP contribution in [0.1, 0.15) is 31.4 Å². The molecule has 2 atom stereocenters. The summed E-state index contributed by atoms with van der Waals surface area (Å²) in [5.41, 5.74) is 6.00. The Kier molecular flexibility index (Phi) is 4.60. The smallest absolute Gasteiger partial charge is 0.225 e. The molecule has 1 aromatic rings. The highest BCUT2D eigenvalue weighted by Gasteiger charge is 2.30. The third-order valence-corrected chi connectivity index (χ3v) is 4.71. The minimum atomic E-state index is 0.158. The number of amides is 1. The summed E-state index contributed by atoms with van der Waals surface area (Å²) in [7, 11) is 0. The third-order valence-electron chi connectivity index (χ3n) is 4.71. The van der Waals surface area contributed by atoms with Gasteiger partial charge in [-0.3, -0.25) is 9.69 Å². The van der Waals surface area contributed by atoms with Gasteiger partial charge in [0, 0.05) is 38.1 Å². The first-order chi connectivity index (χ1) is 10.2. The van der Waals surface area contributed by atoms with E-state index in [4.69, 9.17) is 10.2 Å². The molecule has 1 aliphatic heterocycles. The topological polar surface area (TPSA) is 62.7 Å². The van der Waals surface area contributed by atoms with Crippen LogP contribution in [-0.2, 0) is 11.3 Å². The Balaban J connectivity index is 1.47. The van der Waals surface area contributed by atoms with Gasteiger partial charge in [-0.2, -0.15) is 0 Å². The molecule has 1 saturated heterocycles. The summed E-state index contributed by atoms with van der Waals surface area (Å²) in [6.07, 6.45) is 5.75. The van der Waals surface area contributed by atoms with Crippen molar-refractivity contribution in [2.75, 3.05) is 26.2 Å². The zero-order chi connectivity index (χ0) is 14.7. The zero-order valence-electron chi connectivity index (χ0n) is 12.5. The first-order valence-corrected chi connectivity index (χ1v) is 8.01. The second kappa shape index (κ2) is 6.62. The maximum atomic E-state index is 12.6. The molecule has 0 spiro atoms. The van der Waals surface area contributed by atoms with E-state index in [-0.39, 0.29) is 12.0 Å². The Labute approximate surface area is 126 Å². The SMILES string of the molecule is NC1CCCC(C(=O)N2CCN(Cc3ccco3)CC2)C1. The summed E-state index contributed by atoms with van der Waals surface area (Å²) in [6.45, 7) is 4.33. The Morgan fingerprint density at radius 1 is 1.29 bits per heavy atom. The quantitative estimate of drug-likeness (QED) is 0.915. The van der Waals surface area contributed by atoms with E-state index in [1.807, 2.05) is 17.0 Å². The number of furan rings is 1. The lowest BCUT2D eigenvalue weighted by Gasteiger charge is -2.37. The van der Waals surface area contributed by atoms with Crippen molar-refractivity contribution in [3.05, 3.63) is 24.2 Å². The average Bonchev–Trinajstić information content (AvgIpc) is 3.00. The van der Waals surface area contributed by atoms with Gasteiger partial charge >= 0.3 is 0 Å². The third kappa shape index (κ3) is 3.66. The fourth-order valence-electron chi connectivity index (χ4n) is 3.46. The molecule has 2 aliphatic rings. The van der Waals surface area contributed by atoms with Crippen molar-refractivity contribution in [3.8, 4) is 0 Å². The van der Waals surface area contributed by atoms with Crippen LogP contribution in [0.25, 0.3) is 0 Å². The van der Waals surface area contributed by atoms with Crippen molar-refractivity contribution < 1.29 is 9.21 Å². The monoisotopic (exact) mass is 291 g/mol. The molecule has 116 valence electrons. The van der Waals surface area contributed by atoms with E-state index in [1.54, 1.807) is 6.26 Å². The normalized spacial score (nSPS) is 27.8. The van der Waals surface area contributed by atoms with Crippen molar-refractivity contribution in [3.63, 3.8) is 0 Å². The fourth-order valence-corrected chi connectivity index (χ4v) is 3.46. The van der Waals surface area contributed by atoms with Crippen LogP contribution in [0.15, 0.2) is 22.8 Å². The van der Waals surface area contributed by atoms with Gasteiger partial charge in [-0.25, -0.2) is 0 Å². The largest absolute Gasteiger partial charge is 0.468 e.